The standard InChI is InChI=1S/C18H31NO/c1-6-11-18(12-7-2,14-19-15(3)4)16-9-8-10-17(13-16)20-5/h8-10,13,15,19H,6-7,11-12,14H2,1-5H3. The van der Waals surface area contributed by atoms with Crippen molar-refractivity contribution in [3.63, 3.8) is 0 Å². The summed E-state index contributed by atoms with van der Waals surface area (Å²) in [6.07, 6.45) is 4.84. The molecule has 2 heteroatoms. The van der Waals surface area contributed by atoms with Crippen molar-refractivity contribution in [1.29, 1.82) is 0 Å². The summed E-state index contributed by atoms with van der Waals surface area (Å²) < 4.78 is 5.41. The van der Waals surface area contributed by atoms with E-state index < -0.39 is 0 Å². The van der Waals surface area contributed by atoms with Crippen molar-refractivity contribution in [2.75, 3.05) is 13.7 Å². The molecule has 0 aliphatic carbocycles. The summed E-state index contributed by atoms with van der Waals surface area (Å²) in [6, 6.07) is 9.14. The first-order valence-corrected chi connectivity index (χ1v) is 7.96. The first-order valence-electron chi connectivity index (χ1n) is 7.96. The molecule has 0 bridgehead atoms. The fraction of sp³-hybridized carbons (Fsp3) is 0.667. The smallest absolute Gasteiger partial charge is 0.119 e. The molecule has 0 amide bonds. The van der Waals surface area contributed by atoms with Crippen LogP contribution in [0.3, 0.4) is 0 Å². The summed E-state index contributed by atoms with van der Waals surface area (Å²) in [4.78, 5) is 0. The third-order valence-corrected chi connectivity index (χ3v) is 3.99. The summed E-state index contributed by atoms with van der Waals surface area (Å²) >= 11 is 0. The first-order chi connectivity index (χ1) is 9.57. The summed E-state index contributed by atoms with van der Waals surface area (Å²) in [5.74, 6) is 0.962. The van der Waals surface area contributed by atoms with Crippen molar-refractivity contribution in [2.45, 2.75) is 64.8 Å². The third kappa shape index (κ3) is 4.52. The number of ether oxygens (including phenoxy) is 1. The average molecular weight is 277 g/mol. The Morgan fingerprint density at radius 2 is 1.80 bits per heavy atom. The molecule has 1 aromatic rings. The molecule has 0 aromatic heterocycles. The zero-order valence-electron chi connectivity index (χ0n) is 13.8. The fourth-order valence-electron chi connectivity index (χ4n) is 3.00. The summed E-state index contributed by atoms with van der Waals surface area (Å²) in [7, 11) is 1.74. The van der Waals surface area contributed by atoms with E-state index in [1.54, 1.807) is 7.11 Å². The van der Waals surface area contributed by atoms with E-state index in [0.717, 1.165) is 12.3 Å². The Bertz CT molecular complexity index is 381. The van der Waals surface area contributed by atoms with Crippen LogP contribution in [0.4, 0.5) is 0 Å². The van der Waals surface area contributed by atoms with Crippen molar-refractivity contribution >= 4 is 0 Å². The number of methoxy groups -OCH3 is 1. The molecule has 0 aliphatic rings. The molecule has 1 N–H and O–H groups in total. The Labute approximate surface area is 124 Å². The van der Waals surface area contributed by atoms with Crippen LogP contribution in [0.2, 0.25) is 0 Å². The SMILES string of the molecule is CCCC(CCC)(CNC(C)C)c1cccc(OC)c1. The number of rotatable bonds is 9. The molecule has 0 atom stereocenters. The van der Waals surface area contributed by atoms with Crippen molar-refractivity contribution in [2.24, 2.45) is 0 Å². The predicted molar refractivity (Wildman–Crippen MR) is 87.6 cm³/mol. The van der Waals surface area contributed by atoms with Gasteiger partial charge in [0.15, 0.2) is 0 Å². The molecular weight excluding hydrogens is 246 g/mol. The molecule has 0 heterocycles. The Balaban J connectivity index is 3.10. The minimum atomic E-state index is 0.225. The van der Waals surface area contributed by atoms with E-state index in [2.05, 4.69) is 51.2 Å². The highest BCUT2D eigenvalue weighted by Gasteiger charge is 2.30. The van der Waals surface area contributed by atoms with E-state index in [1.165, 1.54) is 31.2 Å². The number of benzene rings is 1. The summed E-state index contributed by atoms with van der Waals surface area (Å²) in [6.45, 7) is 10.0. The van der Waals surface area contributed by atoms with E-state index in [1.807, 2.05) is 6.07 Å². The molecule has 0 fully saturated rings. The van der Waals surface area contributed by atoms with Gasteiger partial charge in [0, 0.05) is 18.0 Å². The van der Waals surface area contributed by atoms with Gasteiger partial charge in [0.2, 0.25) is 0 Å². The highest BCUT2D eigenvalue weighted by atomic mass is 16.5. The van der Waals surface area contributed by atoms with Gasteiger partial charge in [-0.05, 0) is 30.5 Å². The zero-order chi connectivity index (χ0) is 15.0. The lowest BCUT2D eigenvalue weighted by atomic mass is 9.73. The second-order valence-electron chi connectivity index (χ2n) is 6.05. The molecule has 0 saturated heterocycles. The van der Waals surface area contributed by atoms with Crippen LogP contribution in [0.1, 0.15) is 58.9 Å². The maximum Gasteiger partial charge on any atom is 0.119 e. The number of nitrogens with one attached hydrogen (secondary N) is 1. The molecule has 1 aromatic carbocycles. The van der Waals surface area contributed by atoms with Gasteiger partial charge in [-0.25, -0.2) is 0 Å². The van der Waals surface area contributed by atoms with Crippen LogP contribution in [-0.2, 0) is 5.41 Å². The maximum atomic E-state index is 5.41. The fourth-order valence-corrected chi connectivity index (χ4v) is 3.00. The lowest BCUT2D eigenvalue weighted by Gasteiger charge is -2.35. The van der Waals surface area contributed by atoms with E-state index in [4.69, 9.17) is 4.74 Å². The van der Waals surface area contributed by atoms with Crippen molar-refractivity contribution in [3.8, 4) is 5.75 Å². The topological polar surface area (TPSA) is 21.3 Å². The Hall–Kier alpha value is -1.02. The van der Waals surface area contributed by atoms with Crippen LogP contribution in [0, 0.1) is 0 Å². The van der Waals surface area contributed by atoms with Crippen molar-refractivity contribution in [1.82, 2.24) is 5.32 Å². The summed E-state index contributed by atoms with van der Waals surface area (Å²) in [5, 5.41) is 3.65. The van der Waals surface area contributed by atoms with Gasteiger partial charge in [-0.3, -0.25) is 0 Å². The maximum absolute atomic E-state index is 5.41. The van der Waals surface area contributed by atoms with Gasteiger partial charge in [-0.2, -0.15) is 0 Å². The Morgan fingerprint density at radius 1 is 1.15 bits per heavy atom. The zero-order valence-corrected chi connectivity index (χ0v) is 13.8. The highest BCUT2D eigenvalue weighted by molar-refractivity contribution is 5.34. The van der Waals surface area contributed by atoms with Crippen molar-refractivity contribution in [3.05, 3.63) is 29.8 Å². The summed E-state index contributed by atoms with van der Waals surface area (Å²) in [5.41, 5.74) is 1.64. The minimum Gasteiger partial charge on any atom is -0.497 e. The molecule has 1 rings (SSSR count). The van der Waals surface area contributed by atoms with E-state index in [-0.39, 0.29) is 5.41 Å². The third-order valence-electron chi connectivity index (χ3n) is 3.99. The molecule has 0 aliphatic heterocycles. The molecule has 114 valence electrons. The lowest BCUT2D eigenvalue weighted by Crippen LogP contribution is -2.41. The monoisotopic (exact) mass is 277 g/mol. The molecular formula is C18H31NO. The van der Waals surface area contributed by atoms with Crippen molar-refractivity contribution < 1.29 is 4.74 Å². The van der Waals surface area contributed by atoms with Gasteiger partial charge in [-0.15, -0.1) is 0 Å². The van der Waals surface area contributed by atoms with Crippen LogP contribution >= 0.6 is 0 Å². The largest absolute Gasteiger partial charge is 0.497 e. The lowest BCUT2D eigenvalue weighted by molar-refractivity contribution is 0.322. The Kier molecular flexibility index (Phi) is 7.08. The van der Waals surface area contributed by atoms with Crippen LogP contribution in [0.5, 0.6) is 5.75 Å². The van der Waals surface area contributed by atoms with Crippen LogP contribution in [0.15, 0.2) is 24.3 Å². The second-order valence-corrected chi connectivity index (χ2v) is 6.05. The molecule has 0 unspecified atom stereocenters. The van der Waals surface area contributed by atoms with E-state index in [9.17, 15) is 0 Å². The second kappa shape index (κ2) is 8.31. The van der Waals surface area contributed by atoms with Gasteiger partial charge >= 0.3 is 0 Å². The molecule has 0 saturated carbocycles. The van der Waals surface area contributed by atoms with Gasteiger partial charge in [0.25, 0.3) is 0 Å². The minimum absolute atomic E-state index is 0.225. The molecule has 2 nitrogen and oxygen atoms in total. The van der Waals surface area contributed by atoms with Crippen LogP contribution in [-0.4, -0.2) is 19.7 Å². The Morgan fingerprint density at radius 3 is 2.30 bits per heavy atom. The average Bonchev–Trinajstić information content (AvgIpc) is 2.45. The molecule has 0 spiro atoms. The van der Waals surface area contributed by atoms with E-state index >= 15 is 0 Å². The quantitative estimate of drug-likeness (QED) is 0.716. The predicted octanol–water partition coefficient (Wildman–Crippen LogP) is 4.53. The van der Waals surface area contributed by atoms with Crippen LogP contribution in [0.25, 0.3) is 0 Å². The normalized spacial score (nSPS) is 11.9. The first kappa shape index (κ1) is 17.0. The molecule has 20 heavy (non-hydrogen) atoms. The highest BCUT2D eigenvalue weighted by Crippen LogP contribution is 2.35. The van der Waals surface area contributed by atoms with Gasteiger partial charge in [-0.1, -0.05) is 52.7 Å². The van der Waals surface area contributed by atoms with Gasteiger partial charge in [0.05, 0.1) is 7.11 Å². The number of hydrogen-bond acceptors (Lipinski definition) is 2. The molecule has 0 radical (unpaired) electrons. The van der Waals surface area contributed by atoms with E-state index in [0.29, 0.717) is 6.04 Å². The van der Waals surface area contributed by atoms with Crippen LogP contribution < -0.4 is 10.1 Å². The van der Waals surface area contributed by atoms with Gasteiger partial charge < -0.3 is 10.1 Å². The van der Waals surface area contributed by atoms with Gasteiger partial charge in [0.1, 0.15) is 5.75 Å². The number of hydrogen-bond donors (Lipinski definition) is 1.